The number of rotatable bonds is 5. The van der Waals surface area contributed by atoms with Crippen LogP contribution in [0.2, 0.25) is 0 Å². The van der Waals surface area contributed by atoms with Crippen LogP contribution in [0, 0.1) is 5.92 Å². The summed E-state index contributed by atoms with van der Waals surface area (Å²) in [7, 11) is 0. The first-order valence-corrected chi connectivity index (χ1v) is 4.28. The van der Waals surface area contributed by atoms with Gasteiger partial charge in [-0.2, -0.15) is 0 Å². The molecule has 0 aromatic rings. The molecule has 0 radical (unpaired) electrons. The molecule has 0 aliphatic carbocycles. The molecule has 0 aliphatic heterocycles. The largest absolute Gasteiger partial charge is 0.458 e. The lowest BCUT2D eigenvalue weighted by Crippen LogP contribution is -2.22. The van der Waals surface area contributed by atoms with E-state index in [-0.39, 0.29) is 24.2 Å². The van der Waals surface area contributed by atoms with Crippen LogP contribution in [-0.2, 0) is 14.3 Å². The minimum Gasteiger partial charge on any atom is -0.458 e. The fourth-order valence-corrected chi connectivity index (χ4v) is 0.853. The second-order valence-corrected chi connectivity index (χ2v) is 3.31. The van der Waals surface area contributed by atoms with Crippen molar-refractivity contribution >= 4 is 11.8 Å². The highest BCUT2D eigenvalue weighted by Crippen LogP contribution is 2.08. The molecular formula is C10H16O3. The highest BCUT2D eigenvalue weighted by atomic mass is 16.5. The maximum atomic E-state index is 11.0. The number of carbonyl (C=O) groups excluding carboxylic acids is 2. The van der Waals surface area contributed by atoms with Gasteiger partial charge in [0.05, 0.1) is 0 Å². The second-order valence-electron chi connectivity index (χ2n) is 3.31. The highest BCUT2D eigenvalue weighted by Gasteiger charge is 2.15. The Bertz CT molecular complexity index is 206. The van der Waals surface area contributed by atoms with Crippen molar-refractivity contribution in [2.75, 3.05) is 0 Å². The van der Waals surface area contributed by atoms with Crippen LogP contribution in [0.1, 0.15) is 27.2 Å². The number of carbonyl (C=O) groups is 2. The molecule has 74 valence electrons. The van der Waals surface area contributed by atoms with Gasteiger partial charge in [0.2, 0.25) is 0 Å². The lowest BCUT2D eigenvalue weighted by atomic mass is 10.1. The predicted molar refractivity (Wildman–Crippen MR) is 50.2 cm³/mol. The molecule has 0 fully saturated rings. The number of hydrogen-bond donors (Lipinski definition) is 0. The van der Waals surface area contributed by atoms with E-state index in [2.05, 4.69) is 6.58 Å². The van der Waals surface area contributed by atoms with Crippen molar-refractivity contribution in [1.29, 1.82) is 0 Å². The third kappa shape index (κ3) is 5.17. The molecule has 0 saturated heterocycles. The molecule has 0 spiro atoms. The monoisotopic (exact) mass is 184 g/mol. The summed E-state index contributed by atoms with van der Waals surface area (Å²) in [5, 5.41) is 0. The Morgan fingerprint density at radius 1 is 1.46 bits per heavy atom. The molecule has 3 nitrogen and oxygen atoms in total. The molecule has 1 atom stereocenters. The van der Waals surface area contributed by atoms with Gasteiger partial charge in [-0.05, 0) is 12.8 Å². The van der Waals surface area contributed by atoms with Crippen molar-refractivity contribution in [1.82, 2.24) is 0 Å². The number of ketones is 1. The van der Waals surface area contributed by atoms with Crippen LogP contribution >= 0.6 is 0 Å². The van der Waals surface area contributed by atoms with Gasteiger partial charge < -0.3 is 4.74 Å². The van der Waals surface area contributed by atoms with E-state index < -0.39 is 5.97 Å². The molecule has 0 aliphatic rings. The zero-order valence-electron chi connectivity index (χ0n) is 8.37. The molecular weight excluding hydrogens is 168 g/mol. The molecule has 0 saturated carbocycles. The smallest absolute Gasteiger partial charge is 0.313 e. The van der Waals surface area contributed by atoms with Crippen molar-refractivity contribution in [3.63, 3.8) is 0 Å². The van der Waals surface area contributed by atoms with Crippen molar-refractivity contribution < 1.29 is 14.3 Å². The van der Waals surface area contributed by atoms with Crippen molar-refractivity contribution in [3.8, 4) is 0 Å². The summed E-state index contributed by atoms with van der Waals surface area (Å²) in [5.74, 6) is -0.476. The van der Waals surface area contributed by atoms with Crippen LogP contribution < -0.4 is 0 Å². The van der Waals surface area contributed by atoms with Crippen LogP contribution in [0.5, 0.6) is 0 Å². The highest BCUT2D eigenvalue weighted by molar-refractivity contribution is 5.94. The molecule has 0 aromatic heterocycles. The van der Waals surface area contributed by atoms with Crippen LogP contribution in [0.15, 0.2) is 12.7 Å². The first-order valence-electron chi connectivity index (χ1n) is 4.28. The van der Waals surface area contributed by atoms with E-state index in [9.17, 15) is 9.59 Å². The van der Waals surface area contributed by atoms with Gasteiger partial charge in [-0.15, -0.1) is 0 Å². The predicted octanol–water partition coefficient (Wildman–Crippen LogP) is 1.72. The summed E-state index contributed by atoms with van der Waals surface area (Å²) >= 11 is 0. The quantitative estimate of drug-likeness (QED) is 0.371. The van der Waals surface area contributed by atoms with Gasteiger partial charge in [-0.1, -0.05) is 26.5 Å². The summed E-state index contributed by atoms with van der Waals surface area (Å²) in [4.78, 5) is 21.6. The molecule has 0 amide bonds. The minimum absolute atomic E-state index is 0.156. The van der Waals surface area contributed by atoms with E-state index in [1.54, 1.807) is 6.08 Å². The SMILES string of the molecule is C=CC(OC(=O)CC(C)=O)C(C)C. The summed E-state index contributed by atoms with van der Waals surface area (Å²) in [6.07, 6.45) is 1.12. The number of ether oxygens (including phenoxy) is 1. The Labute approximate surface area is 78.8 Å². The first kappa shape index (κ1) is 11.9. The fraction of sp³-hybridized carbons (Fsp3) is 0.600. The average molecular weight is 184 g/mol. The van der Waals surface area contributed by atoms with E-state index in [4.69, 9.17) is 4.74 Å². The summed E-state index contributed by atoms with van der Waals surface area (Å²) in [6, 6.07) is 0. The van der Waals surface area contributed by atoms with Gasteiger partial charge >= 0.3 is 5.97 Å². The first-order chi connectivity index (χ1) is 5.97. The summed E-state index contributed by atoms with van der Waals surface area (Å²) in [6.45, 7) is 8.76. The average Bonchev–Trinajstić information content (AvgIpc) is 1.98. The lowest BCUT2D eigenvalue weighted by molar-refractivity contribution is -0.150. The third-order valence-corrected chi connectivity index (χ3v) is 1.55. The maximum absolute atomic E-state index is 11.0. The molecule has 0 heterocycles. The van der Waals surface area contributed by atoms with Crippen molar-refractivity contribution in [2.24, 2.45) is 5.92 Å². The number of hydrogen-bond acceptors (Lipinski definition) is 3. The Morgan fingerprint density at radius 2 is 2.00 bits per heavy atom. The Hall–Kier alpha value is -1.12. The molecule has 0 rings (SSSR count). The number of Topliss-reactive ketones (excluding diaryl/α,β-unsaturated/α-hetero) is 1. The van der Waals surface area contributed by atoms with Gasteiger partial charge in [0, 0.05) is 0 Å². The van der Waals surface area contributed by atoms with E-state index in [0.717, 1.165) is 0 Å². The van der Waals surface area contributed by atoms with Crippen LogP contribution in [-0.4, -0.2) is 17.9 Å². The normalized spacial score (nSPS) is 12.3. The molecule has 0 N–H and O–H groups in total. The summed E-state index contributed by atoms with van der Waals surface area (Å²) < 4.78 is 4.99. The summed E-state index contributed by atoms with van der Waals surface area (Å²) in [5.41, 5.74) is 0. The van der Waals surface area contributed by atoms with Crippen LogP contribution in [0.25, 0.3) is 0 Å². The van der Waals surface area contributed by atoms with Gasteiger partial charge in [0.25, 0.3) is 0 Å². The Kier molecular flexibility index (Phi) is 5.04. The van der Waals surface area contributed by atoms with E-state index >= 15 is 0 Å². The van der Waals surface area contributed by atoms with Crippen molar-refractivity contribution in [2.45, 2.75) is 33.3 Å². The zero-order valence-corrected chi connectivity index (χ0v) is 8.37. The van der Waals surface area contributed by atoms with Gasteiger partial charge in [0.1, 0.15) is 18.3 Å². The lowest BCUT2D eigenvalue weighted by Gasteiger charge is -2.16. The Morgan fingerprint density at radius 3 is 2.31 bits per heavy atom. The molecule has 1 unspecified atom stereocenters. The topological polar surface area (TPSA) is 43.4 Å². The fourth-order valence-electron chi connectivity index (χ4n) is 0.853. The molecule has 0 bridgehead atoms. The van der Waals surface area contributed by atoms with Crippen molar-refractivity contribution in [3.05, 3.63) is 12.7 Å². The molecule has 0 aromatic carbocycles. The number of esters is 1. The zero-order chi connectivity index (χ0) is 10.4. The van der Waals surface area contributed by atoms with Gasteiger partial charge in [-0.3, -0.25) is 9.59 Å². The standard InChI is InChI=1S/C10H16O3/c1-5-9(7(2)3)13-10(12)6-8(4)11/h5,7,9H,1,6H2,2-4H3. The van der Waals surface area contributed by atoms with Gasteiger partial charge in [0.15, 0.2) is 0 Å². The van der Waals surface area contributed by atoms with E-state index in [0.29, 0.717) is 0 Å². The van der Waals surface area contributed by atoms with E-state index in [1.807, 2.05) is 13.8 Å². The molecule has 3 heteroatoms. The third-order valence-electron chi connectivity index (χ3n) is 1.55. The van der Waals surface area contributed by atoms with E-state index in [1.165, 1.54) is 6.92 Å². The molecule has 13 heavy (non-hydrogen) atoms. The maximum Gasteiger partial charge on any atom is 0.313 e. The van der Waals surface area contributed by atoms with Gasteiger partial charge in [-0.25, -0.2) is 0 Å². The minimum atomic E-state index is -0.480. The second kappa shape index (κ2) is 5.51. The van der Waals surface area contributed by atoms with Crippen LogP contribution in [0.3, 0.4) is 0 Å². The Balaban J connectivity index is 4.01. The van der Waals surface area contributed by atoms with Crippen LogP contribution in [0.4, 0.5) is 0 Å².